The molecule has 0 atom stereocenters. The van der Waals surface area contributed by atoms with Gasteiger partial charge < -0.3 is 4.90 Å². The van der Waals surface area contributed by atoms with Gasteiger partial charge >= 0.3 is 0 Å². The lowest BCUT2D eigenvalue weighted by Crippen LogP contribution is -2.34. The van der Waals surface area contributed by atoms with Gasteiger partial charge in [-0.25, -0.2) is 9.67 Å². The molecule has 154 valence electrons. The molecule has 0 N–H and O–H groups in total. The van der Waals surface area contributed by atoms with E-state index in [2.05, 4.69) is 59.5 Å². The largest absolute Gasteiger partial charge is 0.335 e. The average molecular weight is 409 g/mol. The van der Waals surface area contributed by atoms with Crippen molar-refractivity contribution in [2.45, 2.75) is 19.9 Å². The zero-order valence-corrected chi connectivity index (χ0v) is 17.5. The zero-order valence-electron chi connectivity index (χ0n) is 17.5. The number of hydrogen-bond acceptors (Lipinski definition) is 3. The highest BCUT2D eigenvalue weighted by molar-refractivity contribution is 5.97. The SMILES string of the molecule is Cc1ccc(C2=CCN(C(=O)c3cnc4c(cnn4Cc4ccccc4)c3)CC2)cc1. The van der Waals surface area contributed by atoms with Gasteiger partial charge in [-0.1, -0.05) is 66.2 Å². The van der Waals surface area contributed by atoms with Crippen molar-refractivity contribution in [1.82, 2.24) is 19.7 Å². The molecule has 1 aliphatic rings. The number of rotatable bonds is 4. The van der Waals surface area contributed by atoms with Crippen LogP contribution in [-0.2, 0) is 6.54 Å². The normalized spacial score (nSPS) is 14.0. The molecule has 2 aromatic carbocycles. The van der Waals surface area contributed by atoms with Gasteiger partial charge in [0, 0.05) is 24.7 Å². The lowest BCUT2D eigenvalue weighted by atomic mass is 9.98. The summed E-state index contributed by atoms with van der Waals surface area (Å²) in [6.07, 6.45) is 6.48. The Morgan fingerprint density at radius 2 is 1.84 bits per heavy atom. The molecule has 4 aromatic rings. The molecule has 0 saturated carbocycles. The van der Waals surface area contributed by atoms with Crippen LogP contribution in [0.3, 0.4) is 0 Å². The predicted molar refractivity (Wildman–Crippen MR) is 123 cm³/mol. The Bertz CT molecular complexity index is 1260. The number of fused-ring (bicyclic) bond motifs is 1. The van der Waals surface area contributed by atoms with Crippen LogP contribution < -0.4 is 0 Å². The first-order valence-corrected chi connectivity index (χ1v) is 10.6. The molecule has 5 nitrogen and oxygen atoms in total. The van der Waals surface area contributed by atoms with Crippen molar-refractivity contribution in [3.63, 3.8) is 0 Å². The molecular formula is C26H24N4O. The minimum Gasteiger partial charge on any atom is -0.335 e. The van der Waals surface area contributed by atoms with Crippen LogP contribution in [0.2, 0.25) is 0 Å². The summed E-state index contributed by atoms with van der Waals surface area (Å²) in [5.41, 5.74) is 6.37. The van der Waals surface area contributed by atoms with Crippen molar-refractivity contribution in [3.05, 3.63) is 101 Å². The van der Waals surface area contributed by atoms with Crippen molar-refractivity contribution in [2.75, 3.05) is 13.1 Å². The number of benzene rings is 2. The van der Waals surface area contributed by atoms with E-state index in [0.29, 0.717) is 25.2 Å². The third kappa shape index (κ3) is 3.99. The predicted octanol–water partition coefficient (Wildman–Crippen LogP) is 4.72. The quantitative estimate of drug-likeness (QED) is 0.491. The first-order chi connectivity index (χ1) is 15.2. The van der Waals surface area contributed by atoms with Gasteiger partial charge in [0.25, 0.3) is 5.91 Å². The van der Waals surface area contributed by atoms with Crippen LogP contribution in [0.4, 0.5) is 0 Å². The van der Waals surface area contributed by atoms with Crippen LogP contribution in [0, 0.1) is 6.92 Å². The van der Waals surface area contributed by atoms with Crippen LogP contribution in [0.15, 0.2) is 79.1 Å². The maximum absolute atomic E-state index is 13.1. The molecule has 3 heterocycles. The molecule has 0 unspecified atom stereocenters. The summed E-state index contributed by atoms with van der Waals surface area (Å²) < 4.78 is 1.87. The van der Waals surface area contributed by atoms with E-state index < -0.39 is 0 Å². The number of pyridine rings is 1. The minimum atomic E-state index is 0.0180. The highest BCUT2D eigenvalue weighted by Gasteiger charge is 2.20. The second-order valence-corrected chi connectivity index (χ2v) is 8.02. The Balaban J connectivity index is 1.32. The molecule has 0 radical (unpaired) electrons. The summed E-state index contributed by atoms with van der Waals surface area (Å²) in [5, 5.41) is 5.36. The number of carbonyl (C=O) groups excluding carboxylic acids is 1. The molecule has 5 rings (SSSR count). The smallest absolute Gasteiger partial charge is 0.255 e. The van der Waals surface area contributed by atoms with Crippen molar-refractivity contribution in [1.29, 1.82) is 0 Å². The van der Waals surface area contributed by atoms with Crippen LogP contribution in [0.1, 0.15) is 33.5 Å². The maximum Gasteiger partial charge on any atom is 0.255 e. The van der Waals surface area contributed by atoms with E-state index in [4.69, 9.17) is 0 Å². The van der Waals surface area contributed by atoms with E-state index in [0.717, 1.165) is 17.5 Å². The van der Waals surface area contributed by atoms with E-state index in [-0.39, 0.29) is 5.91 Å². The van der Waals surface area contributed by atoms with Crippen LogP contribution in [-0.4, -0.2) is 38.7 Å². The van der Waals surface area contributed by atoms with Crippen molar-refractivity contribution < 1.29 is 4.79 Å². The van der Waals surface area contributed by atoms with Gasteiger partial charge in [0.05, 0.1) is 18.3 Å². The van der Waals surface area contributed by atoms with Gasteiger partial charge in [0.15, 0.2) is 5.65 Å². The topological polar surface area (TPSA) is 51.0 Å². The van der Waals surface area contributed by atoms with E-state index in [1.165, 1.54) is 22.3 Å². The fourth-order valence-corrected chi connectivity index (χ4v) is 4.03. The van der Waals surface area contributed by atoms with Crippen LogP contribution >= 0.6 is 0 Å². The summed E-state index contributed by atoms with van der Waals surface area (Å²) in [7, 11) is 0. The Morgan fingerprint density at radius 3 is 2.58 bits per heavy atom. The van der Waals surface area contributed by atoms with Crippen LogP contribution in [0.5, 0.6) is 0 Å². The molecule has 0 spiro atoms. The number of hydrogen-bond donors (Lipinski definition) is 0. The first-order valence-electron chi connectivity index (χ1n) is 10.6. The van der Waals surface area contributed by atoms with Gasteiger partial charge in [-0.15, -0.1) is 0 Å². The van der Waals surface area contributed by atoms with Crippen molar-refractivity contribution >= 4 is 22.5 Å². The molecule has 0 saturated heterocycles. The number of carbonyl (C=O) groups is 1. The summed E-state index contributed by atoms with van der Waals surface area (Å²) >= 11 is 0. The summed E-state index contributed by atoms with van der Waals surface area (Å²) in [6.45, 7) is 4.08. The number of aryl methyl sites for hydroxylation is 1. The number of aromatic nitrogens is 3. The Hall–Kier alpha value is -3.73. The second-order valence-electron chi connectivity index (χ2n) is 8.02. The molecule has 31 heavy (non-hydrogen) atoms. The molecule has 0 aliphatic carbocycles. The van der Waals surface area contributed by atoms with E-state index >= 15 is 0 Å². The molecule has 1 amide bonds. The van der Waals surface area contributed by atoms with Gasteiger partial charge in [-0.05, 0) is 36.1 Å². The zero-order chi connectivity index (χ0) is 21.2. The number of amides is 1. The maximum atomic E-state index is 13.1. The molecule has 0 bridgehead atoms. The lowest BCUT2D eigenvalue weighted by molar-refractivity contribution is 0.0772. The highest BCUT2D eigenvalue weighted by Crippen LogP contribution is 2.24. The summed E-state index contributed by atoms with van der Waals surface area (Å²) in [6, 6.07) is 20.6. The molecule has 1 aliphatic heterocycles. The molecular weight excluding hydrogens is 384 g/mol. The molecule has 2 aromatic heterocycles. The van der Waals surface area contributed by atoms with Crippen LogP contribution in [0.25, 0.3) is 16.6 Å². The monoisotopic (exact) mass is 408 g/mol. The average Bonchev–Trinajstić information content (AvgIpc) is 3.22. The summed E-state index contributed by atoms with van der Waals surface area (Å²) in [4.78, 5) is 19.5. The van der Waals surface area contributed by atoms with Gasteiger partial charge in [0.2, 0.25) is 0 Å². The van der Waals surface area contributed by atoms with E-state index in [1.54, 1.807) is 12.4 Å². The Kier molecular flexibility index (Phi) is 5.08. The Labute approximate surface area is 181 Å². The number of nitrogens with zero attached hydrogens (tertiary/aromatic N) is 4. The van der Waals surface area contributed by atoms with E-state index in [9.17, 15) is 4.79 Å². The minimum absolute atomic E-state index is 0.0180. The van der Waals surface area contributed by atoms with E-state index in [1.807, 2.05) is 33.8 Å². The van der Waals surface area contributed by atoms with Crippen molar-refractivity contribution in [2.24, 2.45) is 0 Å². The molecule has 5 heteroatoms. The van der Waals surface area contributed by atoms with Gasteiger partial charge in [-0.3, -0.25) is 4.79 Å². The third-order valence-corrected chi connectivity index (χ3v) is 5.82. The van der Waals surface area contributed by atoms with Gasteiger partial charge in [-0.2, -0.15) is 5.10 Å². The molecule has 0 fully saturated rings. The Morgan fingerprint density at radius 1 is 1.03 bits per heavy atom. The standard InChI is InChI=1S/C26H24N4O/c1-19-7-9-21(10-8-19)22-11-13-29(14-12-22)26(31)24-15-23-17-28-30(25(23)27-16-24)18-20-5-3-2-4-6-20/h2-11,15-17H,12-14,18H2,1H3. The second kappa shape index (κ2) is 8.19. The van der Waals surface area contributed by atoms with Crippen molar-refractivity contribution in [3.8, 4) is 0 Å². The van der Waals surface area contributed by atoms with Gasteiger partial charge in [0.1, 0.15) is 0 Å². The fraction of sp³-hybridized carbons (Fsp3) is 0.192. The first kappa shape index (κ1) is 19.2. The highest BCUT2D eigenvalue weighted by atomic mass is 16.2. The fourth-order valence-electron chi connectivity index (χ4n) is 4.03. The summed E-state index contributed by atoms with van der Waals surface area (Å²) in [5.74, 6) is 0.0180. The lowest BCUT2D eigenvalue weighted by Gasteiger charge is -2.26. The third-order valence-electron chi connectivity index (χ3n) is 5.82.